The van der Waals surface area contributed by atoms with Crippen LogP contribution in [0.15, 0.2) is 24.3 Å². The molecule has 3 atom stereocenters. The molecular weight excluding hydrogens is 344 g/mol. The molecule has 6 heteroatoms. The summed E-state index contributed by atoms with van der Waals surface area (Å²) in [4.78, 5) is 41.8. The number of likely N-dealkylation sites (N-methyl/N-ethyl adjacent to an activating group) is 1. The molecule has 3 aliphatic rings. The Morgan fingerprint density at radius 1 is 1.22 bits per heavy atom. The van der Waals surface area contributed by atoms with Crippen molar-refractivity contribution in [3.63, 3.8) is 0 Å². The van der Waals surface area contributed by atoms with Crippen molar-refractivity contribution in [3.05, 3.63) is 29.8 Å². The SMILES string of the molecule is COc1ccc([C@@]2(CC(=O)N3C[C@@H]4CCC[C@@H]3C4)CC(=O)N(C)C2=O)cc1. The lowest BCUT2D eigenvalue weighted by Crippen LogP contribution is -2.44. The number of hydrogen-bond acceptors (Lipinski definition) is 4. The van der Waals surface area contributed by atoms with E-state index in [9.17, 15) is 14.4 Å². The van der Waals surface area contributed by atoms with Crippen molar-refractivity contribution >= 4 is 17.7 Å². The molecule has 3 amide bonds. The highest BCUT2D eigenvalue weighted by atomic mass is 16.5. The van der Waals surface area contributed by atoms with E-state index in [0.717, 1.165) is 19.4 Å². The summed E-state index contributed by atoms with van der Waals surface area (Å²) < 4.78 is 5.21. The maximum atomic E-state index is 13.2. The van der Waals surface area contributed by atoms with Crippen LogP contribution in [-0.2, 0) is 19.8 Å². The van der Waals surface area contributed by atoms with Crippen LogP contribution < -0.4 is 4.74 Å². The van der Waals surface area contributed by atoms with Crippen LogP contribution in [0.2, 0.25) is 0 Å². The maximum Gasteiger partial charge on any atom is 0.240 e. The third kappa shape index (κ3) is 2.91. The second kappa shape index (κ2) is 6.66. The summed E-state index contributed by atoms with van der Waals surface area (Å²) in [5, 5.41) is 0. The zero-order valence-electron chi connectivity index (χ0n) is 15.9. The van der Waals surface area contributed by atoms with Crippen LogP contribution in [0.3, 0.4) is 0 Å². The van der Waals surface area contributed by atoms with Gasteiger partial charge in [0.05, 0.1) is 12.5 Å². The Morgan fingerprint density at radius 3 is 2.56 bits per heavy atom. The van der Waals surface area contributed by atoms with E-state index in [-0.39, 0.29) is 30.6 Å². The first-order chi connectivity index (χ1) is 12.9. The molecule has 1 aromatic carbocycles. The number of rotatable bonds is 4. The number of amides is 3. The van der Waals surface area contributed by atoms with E-state index in [2.05, 4.69) is 0 Å². The number of carbonyl (C=O) groups is 3. The van der Waals surface area contributed by atoms with E-state index >= 15 is 0 Å². The van der Waals surface area contributed by atoms with Crippen molar-refractivity contribution in [2.45, 2.75) is 50.0 Å². The van der Waals surface area contributed by atoms with Crippen molar-refractivity contribution in [2.75, 3.05) is 20.7 Å². The van der Waals surface area contributed by atoms with E-state index in [1.807, 2.05) is 4.90 Å². The zero-order valence-corrected chi connectivity index (χ0v) is 15.9. The van der Waals surface area contributed by atoms with Gasteiger partial charge in [-0.05, 0) is 42.9 Å². The largest absolute Gasteiger partial charge is 0.497 e. The summed E-state index contributed by atoms with van der Waals surface area (Å²) in [5.74, 6) is 0.751. The Bertz CT molecular complexity index is 775. The molecule has 2 aliphatic heterocycles. The summed E-state index contributed by atoms with van der Waals surface area (Å²) in [6.07, 6.45) is 4.57. The molecule has 1 aliphatic carbocycles. The number of ether oxygens (including phenoxy) is 1. The van der Waals surface area contributed by atoms with Gasteiger partial charge in [-0.25, -0.2) is 0 Å². The van der Waals surface area contributed by atoms with E-state index in [4.69, 9.17) is 4.74 Å². The third-order valence-electron chi connectivity index (χ3n) is 6.61. The first-order valence-corrected chi connectivity index (χ1v) is 9.69. The fraction of sp³-hybridized carbons (Fsp3) is 0.571. The zero-order chi connectivity index (χ0) is 19.2. The van der Waals surface area contributed by atoms with Gasteiger partial charge in [0.15, 0.2) is 0 Å². The number of likely N-dealkylation sites (tertiary alicyclic amines) is 2. The van der Waals surface area contributed by atoms with Gasteiger partial charge in [0, 0.05) is 32.5 Å². The van der Waals surface area contributed by atoms with Gasteiger partial charge in [0.2, 0.25) is 17.7 Å². The standard InChI is InChI=1S/C21H26N2O4/c1-22-18(24)11-21(20(22)26,15-6-8-17(27-2)9-7-15)12-19(25)23-13-14-4-3-5-16(23)10-14/h6-9,14,16H,3-5,10-13H2,1-2H3/t14-,16-,21+/m1/s1. The number of fused-ring (bicyclic) bond motifs is 2. The predicted molar refractivity (Wildman–Crippen MR) is 99.1 cm³/mol. The number of hydrogen-bond donors (Lipinski definition) is 0. The minimum Gasteiger partial charge on any atom is -0.497 e. The molecule has 0 unspecified atom stereocenters. The van der Waals surface area contributed by atoms with Crippen molar-refractivity contribution in [1.82, 2.24) is 9.80 Å². The average Bonchev–Trinajstić information content (AvgIpc) is 3.10. The Morgan fingerprint density at radius 2 is 1.96 bits per heavy atom. The molecule has 2 bridgehead atoms. The highest BCUT2D eigenvalue weighted by Gasteiger charge is 2.53. The van der Waals surface area contributed by atoms with Gasteiger partial charge in [-0.3, -0.25) is 19.3 Å². The topological polar surface area (TPSA) is 66.9 Å². The summed E-state index contributed by atoms with van der Waals surface area (Å²) in [6.45, 7) is 0.792. The Kier molecular flexibility index (Phi) is 4.44. The molecule has 2 heterocycles. The lowest BCUT2D eigenvalue weighted by atomic mass is 9.75. The number of carbonyl (C=O) groups excluding carboxylic acids is 3. The molecule has 1 aromatic rings. The number of imide groups is 1. The van der Waals surface area contributed by atoms with E-state index in [0.29, 0.717) is 23.3 Å². The lowest BCUT2D eigenvalue weighted by molar-refractivity contribution is -0.141. The van der Waals surface area contributed by atoms with Crippen molar-refractivity contribution in [1.29, 1.82) is 0 Å². The van der Waals surface area contributed by atoms with E-state index < -0.39 is 5.41 Å². The van der Waals surface area contributed by atoms with Crippen LogP contribution in [-0.4, -0.2) is 54.3 Å². The summed E-state index contributed by atoms with van der Waals surface area (Å²) in [5.41, 5.74) is -0.396. The summed E-state index contributed by atoms with van der Waals surface area (Å²) >= 11 is 0. The molecule has 3 fully saturated rings. The van der Waals surface area contributed by atoms with Crippen LogP contribution >= 0.6 is 0 Å². The maximum absolute atomic E-state index is 13.2. The fourth-order valence-electron chi connectivity index (χ4n) is 5.07. The van der Waals surface area contributed by atoms with Gasteiger partial charge in [-0.1, -0.05) is 18.6 Å². The van der Waals surface area contributed by atoms with Crippen LogP contribution in [0.1, 0.15) is 44.1 Å². The predicted octanol–water partition coefficient (Wildman–Crippen LogP) is 2.11. The van der Waals surface area contributed by atoms with Crippen LogP contribution in [0.5, 0.6) is 5.75 Å². The van der Waals surface area contributed by atoms with E-state index in [1.54, 1.807) is 31.4 Å². The lowest BCUT2D eigenvalue weighted by Gasteiger charge is -2.31. The molecule has 0 aromatic heterocycles. The summed E-state index contributed by atoms with van der Waals surface area (Å²) in [6, 6.07) is 7.47. The molecular formula is C21H26N2O4. The summed E-state index contributed by atoms with van der Waals surface area (Å²) in [7, 11) is 3.08. The monoisotopic (exact) mass is 370 g/mol. The Balaban J connectivity index is 1.65. The molecule has 0 radical (unpaired) electrons. The third-order valence-corrected chi connectivity index (χ3v) is 6.61. The molecule has 0 N–H and O–H groups in total. The molecule has 4 rings (SSSR count). The number of benzene rings is 1. The minimum absolute atomic E-state index is 0.00309. The van der Waals surface area contributed by atoms with Gasteiger partial charge < -0.3 is 9.64 Å². The van der Waals surface area contributed by atoms with Gasteiger partial charge in [-0.2, -0.15) is 0 Å². The van der Waals surface area contributed by atoms with Crippen LogP contribution in [0, 0.1) is 5.92 Å². The van der Waals surface area contributed by atoms with Crippen molar-refractivity contribution < 1.29 is 19.1 Å². The van der Waals surface area contributed by atoms with E-state index in [1.165, 1.54) is 24.8 Å². The Labute approximate surface area is 159 Å². The van der Waals surface area contributed by atoms with Crippen LogP contribution in [0.4, 0.5) is 0 Å². The second-order valence-corrected chi connectivity index (χ2v) is 8.15. The quantitative estimate of drug-likeness (QED) is 0.762. The van der Waals surface area contributed by atoms with Gasteiger partial charge in [0.25, 0.3) is 0 Å². The van der Waals surface area contributed by atoms with Gasteiger partial charge in [0.1, 0.15) is 5.75 Å². The van der Waals surface area contributed by atoms with Gasteiger partial charge in [-0.15, -0.1) is 0 Å². The molecule has 2 saturated heterocycles. The molecule has 1 saturated carbocycles. The Hall–Kier alpha value is -2.37. The number of nitrogens with zero attached hydrogens (tertiary/aromatic N) is 2. The average molecular weight is 370 g/mol. The highest BCUT2D eigenvalue weighted by Crippen LogP contribution is 2.42. The molecule has 27 heavy (non-hydrogen) atoms. The molecule has 6 nitrogen and oxygen atoms in total. The minimum atomic E-state index is -1.11. The fourth-order valence-corrected chi connectivity index (χ4v) is 5.07. The van der Waals surface area contributed by atoms with Gasteiger partial charge >= 0.3 is 0 Å². The highest BCUT2D eigenvalue weighted by molar-refractivity contribution is 6.10. The van der Waals surface area contributed by atoms with Crippen LogP contribution in [0.25, 0.3) is 0 Å². The second-order valence-electron chi connectivity index (χ2n) is 8.15. The first kappa shape index (κ1) is 18.0. The normalized spacial score (nSPS) is 30.1. The molecule has 0 spiro atoms. The number of methoxy groups -OCH3 is 1. The smallest absolute Gasteiger partial charge is 0.240 e. The van der Waals surface area contributed by atoms with Crippen molar-refractivity contribution in [2.24, 2.45) is 5.92 Å². The molecule has 144 valence electrons. The first-order valence-electron chi connectivity index (χ1n) is 9.69. The van der Waals surface area contributed by atoms with Crippen molar-refractivity contribution in [3.8, 4) is 5.75 Å².